The van der Waals surface area contributed by atoms with Gasteiger partial charge in [0.2, 0.25) is 0 Å². The summed E-state index contributed by atoms with van der Waals surface area (Å²) in [6, 6.07) is 0. The van der Waals surface area contributed by atoms with Gasteiger partial charge in [0.1, 0.15) is 0 Å². The summed E-state index contributed by atoms with van der Waals surface area (Å²) in [6.07, 6.45) is 0. The van der Waals surface area contributed by atoms with Crippen LogP contribution in [0.5, 0.6) is 0 Å². The van der Waals surface area contributed by atoms with Crippen molar-refractivity contribution in [2.45, 2.75) is 0 Å². The molecule has 2 N–H and O–H groups in total. The fourth-order valence-electron chi connectivity index (χ4n) is 0. The molecule has 6 heteroatoms. The second-order valence-corrected chi connectivity index (χ2v) is 0.887. The third-order valence-electron chi connectivity index (χ3n) is 0.122. The summed E-state index contributed by atoms with van der Waals surface area (Å²) in [7, 11) is -1.59. The van der Waals surface area contributed by atoms with Crippen molar-refractivity contribution in [3.05, 3.63) is 0 Å². The Labute approximate surface area is 62.2 Å². The van der Waals surface area contributed by atoms with Crippen molar-refractivity contribution in [3.63, 3.8) is 0 Å². The minimum absolute atomic E-state index is 0. The van der Waals surface area contributed by atoms with Crippen molar-refractivity contribution in [1.82, 2.24) is 0 Å². The van der Waals surface area contributed by atoms with E-state index in [2.05, 4.69) is 2.77 Å². The SMILES string of the molecule is OB(O)[O][Sc].[AlH3]. The molecule has 0 spiro atoms. The molecule has 0 aromatic carbocycles. The Morgan fingerprint density at radius 1 is 1.50 bits per heavy atom. The van der Waals surface area contributed by atoms with Gasteiger partial charge in [-0.25, -0.2) is 0 Å². The number of hydrogen-bond acceptors (Lipinski definition) is 3. The van der Waals surface area contributed by atoms with E-state index in [4.69, 9.17) is 10.0 Å². The Hall–Kier alpha value is 1.35. The van der Waals surface area contributed by atoms with Gasteiger partial charge in [-0.2, -0.15) is 0 Å². The minimum Gasteiger partial charge on any atom is 0.187 e. The summed E-state index contributed by atoms with van der Waals surface area (Å²) >= 11 is 0.828. The Balaban J connectivity index is 0. The van der Waals surface area contributed by atoms with E-state index in [1.807, 2.05) is 0 Å². The van der Waals surface area contributed by atoms with Gasteiger partial charge in [-0.05, 0) is 0 Å². The van der Waals surface area contributed by atoms with Crippen LogP contribution in [0.1, 0.15) is 0 Å². The fraction of sp³-hybridized carbons (Fsp3) is 0. The summed E-state index contributed by atoms with van der Waals surface area (Å²) in [5.74, 6) is 0. The topological polar surface area (TPSA) is 49.7 Å². The van der Waals surface area contributed by atoms with E-state index in [1.54, 1.807) is 0 Å². The maximum absolute atomic E-state index is 7.71. The quantitative estimate of drug-likeness (QED) is 0.384. The zero-order valence-electron chi connectivity index (χ0n) is 2.46. The monoisotopic (exact) mass is 136 g/mol. The first-order valence-electron chi connectivity index (χ1n) is 0.988. The molecule has 6 heavy (non-hydrogen) atoms. The Kier molecular flexibility index (Phi) is 11.0. The maximum atomic E-state index is 7.71. The van der Waals surface area contributed by atoms with Crippen LogP contribution < -0.4 is 0 Å². The molecule has 0 fully saturated rings. The van der Waals surface area contributed by atoms with Crippen molar-refractivity contribution in [3.8, 4) is 0 Å². The van der Waals surface area contributed by atoms with Gasteiger partial charge in [-0.3, -0.25) is 0 Å². The molecule has 0 aliphatic carbocycles. The van der Waals surface area contributed by atoms with Crippen molar-refractivity contribution in [2.24, 2.45) is 0 Å². The average Bonchev–Trinajstić information content (AvgIpc) is 1.38. The van der Waals surface area contributed by atoms with Gasteiger partial charge in [-0.15, -0.1) is 0 Å². The minimum atomic E-state index is -1.59. The fourth-order valence-corrected chi connectivity index (χ4v) is 0. The van der Waals surface area contributed by atoms with Crippen LogP contribution in [0.15, 0.2) is 0 Å². The average molecular weight is 136 g/mol. The molecule has 0 aromatic rings. The normalized spacial score (nSPS) is 6.17. The van der Waals surface area contributed by atoms with E-state index in [0.29, 0.717) is 0 Å². The molecule has 0 atom stereocenters. The summed E-state index contributed by atoms with van der Waals surface area (Å²) < 4.78 is 3.92. The van der Waals surface area contributed by atoms with Gasteiger partial charge < -0.3 is 0 Å². The molecular formula is H5AlBO3Sc. The van der Waals surface area contributed by atoms with Gasteiger partial charge in [0.05, 0.1) is 0 Å². The van der Waals surface area contributed by atoms with Crippen LogP contribution in [0.25, 0.3) is 0 Å². The van der Waals surface area contributed by atoms with Crippen LogP contribution in [0, 0.1) is 0 Å². The van der Waals surface area contributed by atoms with Crippen LogP contribution in [-0.2, 0) is 27.6 Å². The summed E-state index contributed by atoms with van der Waals surface area (Å²) in [5, 5.41) is 15.4. The van der Waals surface area contributed by atoms with E-state index in [1.165, 1.54) is 0 Å². The third-order valence-corrected chi connectivity index (χ3v) is 0.502. The smallest absolute Gasteiger partial charge is 0.187 e. The first-order valence-corrected chi connectivity index (χ1v) is 1.72. The molecule has 0 saturated carbocycles. The number of rotatable bonds is 1. The Morgan fingerprint density at radius 3 is 1.67 bits per heavy atom. The summed E-state index contributed by atoms with van der Waals surface area (Å²) in [6.45, 7) is 0. The molecule has 32 valence electrons. The van der Waals surface area contributed by atoms with Gasteiger partial charge in [-0.1, -0.05) is 0 Å². The van der Waals surface area contributed by atoms with Crippen LogP contribution in [0.4, 0.5) is 0 Å². The molecule has 0 unspecified atom stereocenters. The van der Waals surface area contributed by atoms with E-state index in [0.717, 1.165) is 24.8 Å². The second-order valence-electron chi connectivity index (χ2n) is 0.462. The molecule has 0 rings (SSSR count). The largest absolute Gasteiger partial charge is 0.187 e. The third kappa shape index (κ3) is 9.02. The van der Waals surface area contributed by atoms with E-state index in [9.17, 15) is 0 Å². The van der Waals surface area contributed by atoms with E-state index in [-0.39, 0.29) is 17.4 Å². The first kappa shape index (κ1) is 10.4. The van der Waals surface area contributed by atoms with Crippen molar-refractivity contribution in [1.29, 1.82) is 0 Å². The van der Waals surface area contributed by atoms with Crippen molar-refractivity contribution >= 4 is 24.7 Å². The molecule has 0 bridgehead atoms. The van der Waals surface area contributed by atoms with Crippen LogP contribution in [0.2, 0.25) is 0 Å². The molecule has 0 saturated heterocycles. The molecule has 0 heterocycles. The molecule has 0 aliphatic rings. The Bertz CT molecular complexity index is 24.8. The Morgan fingerprint density at radius 2 is 1.67 bits per heavy atom. The molecule has 3 nitrogen and oxygen atoms in total. The molecule has 0 radical (unpaired) electrons. The van der Waals surface area contributed by atoms with E-state index >= 15 is 0 Å². The van der Waals surface area contributed by atoms with E-state index < -0.39 is 7.32 Å². The van der Waals surface area contributed by atoms with Crippen molar-refractivity contribution in [2.75, 3.05) is 0 Å². The maximum Gasteiger partial charge on any atom is 0.187 e. The van der Waals surface area contributed by atoms with Crippen LogP contribution in [-0.4, -0.2) is 34.7 Å². The van der Waals surface area contributed by atoms with Crippen LogP contribution >= 0.6 is 0 Å². The van der Waals surface area contributed by atoms with Crippen molar-refractivity contribution < 1.29 is 37.6 Å². The zero-order valence-corrected chi connectivity index (χ0v) is 4.26. The second kappa shape index (κ2) is 6.35. The summed E-state index contributed by atoms with van der Waals surface area (Å²) in [4.78, 5) is 0. The standard InChI is InChI=1S/Al.BH2O3.Sc.3H/c;2-1(3)4;;;;/h;2-3H;;;;/q;-1;+1;;;. The predicted octanol–water partition coefficient (Wildman–Crippen LogP) is -2.75. The van der Waals surface area contributed by atoms with Gasteiger partial charge in [0.15, 0.2) is 17.4 Å². The predicted molar refractivity (Wildman–Crippen MR) is 21.2 cm³/mol. The molecular weight excluding hydrogens is 131 g/mol. The molecule has 0 amide bonds. The van der Waals surface area contributed by atoms with Gasteiger partial charge in [0, 0.05) is 0 Å². The summed E-state index contributed by atoms with van der Waals surface area (Å²) in [5.41, 5.74) is 0. The first-order chi connectivity index (χ1) is 2.27. The molecule has 0 aromatic heterocycles. The van der Waals surface area contributed by atoms with Gasteiger partial charge in [0.25, 0.3) is 0 Å². The van der Waals surface area contributed by atoms with Crippen LogP contribution in [0.3, 0.4) is 0 Å². The zero-order chi connectivity index (χ0) is 4.28. The van der Waals surface area contributed by atoms with Gasteiger partial charge >= 0.3 is 45.0 Å². The number of hydrogen-bond donors (Lipinski definition) is 2. The molecule has 0 aliphatic heterocycles.